The summed E-state index contributed by atoms with van der Waals surface area (Å²) >= 11 is 0. The van der Waals surface area contributed by atoms with E-state index in [2.05, 4.69) is 6.58 Å². The number of hydrogen-bond acceptors (Lipinski definition) is 7. The molecule has 0 aliphatic heterocycles. The van der Waals surface area contributed by atoms with Gasteiger partial charge in [-0.25, -0.2) is 0 Å². The molecule has 0 saturated heterocycles. The third-order valence-electron chi connectivity index (χ3n) is 5.43. The minimum absolute atomic E-state index is 0.0199. The molecule has 2 aromatic carbocycles. The summed E-state index contributed by atoms with van der Waals surface area (Å²) in [6, 6.07) is 2.82. The van der Waals surface area contributed by atoms with Gasteiger partial charge in [0.05, 0.1) is 25.7 Å². The van der Waals surface area contributed by atoms with Crippen LogP contribution in [0.15, 0.2) is 45.1 Å². The van der Waals surface area contributed by atoms with Crippen molar-refractivity contribution in [1.29, 1.82) is 0 Å². The van der Waals surface area contributed by atoms with Gasteiger partial charge < -0.3 is 29.2 Å². The summed E-state index contributed by atoms with van der Waals surface area (Å²) in [5.41, 5.74) is 1.92. The Morgan fingerprint density at radius 1 is 1.09 bits per heavy atom. The SMILES string of the molecule is C=C(C)[C@H](O)Cc1c(O)cc2oc3cc(OC)c(OC)c(CC=C(C)C)c3c(=O)c2c1O. The monoisotopic (exact) mass is 440 g/mol. The summed E-state index contributed by atoms with van der Waals surface area (Å²) in [5.74, 6) is 0.0802. The van der Waals surface area contributed by atoms with E-state index in [0.29, 0.717) is 29.1 Å². The number of phenols is 2. The Labute approximate surface area is 185 Å². The van der Waals surface area contributed by atoms with Crippen molar-refractivity contribution in [1.82, 2.24) is 0 Å². The molecule has 0 amide bonds. The Kier molecular flexibility index (Phi) is 6.50. The maximum Gasteiger partial charge on any atom is 0.204 e. The van der Waals surface area contributed by atoms with E-state index in [1.165, 1.54) is 20.3 Å². The number of aromatic hydroxyl groups is 2. The summed E-state index contributed by atoms with van der Waals surface area (Å²) in [7, 11) is 2.98. The Balaban J connectivity index is 2.44. The number of hydrogen-bond donors (Lipinski definition) is 3. The van der Waals surface area contributed by atoms with Crippen molar-refractivity contribution >= 4 is 21.9 Å². The van der Waals surface area contributed by atoms with Crippen LogP contribution in [0.5, 0.6) is 23.0 Å². The van der Waals surface area contributed by atoms with Crippen molar-refractivity contribution < 1.29 is 29.2 Å². The Morgan fingerprint density at radius 2 is 1.75 bits per heavy atom. The zero-order valence-electron chi connectivity index (χ0n) is 18.9. The van der Waals surface area contributed by atoms with Gasteiger partial charge in [-0.15, -0.1) is 0 Å². The number of ether oxygens (including phenoxy) is 2. The molecular weight excluding hydrogens is 412 g/mol. The van der Waals surface area contributed by atoms with Crippen LogP contribution in [0.25, 0.3) is 21.9 Å². The minimum atomic E-state index is -0.991. The van der Waals surface area contributed by atoms with Crippen molar-refractivity contribution in [2.75, 3.05) is 14.2 Å². The molecule has 7 heteroatoms. The molecule has 0 unspecified atom stereocenters. The van der Waals surface area contributed by atoms with E-state index in [9.17, 15) is 20.1 Å². The van der Waals surface area contributed by atoms with E-state index >= 15 is 0 Å². The second-order valence-electron chi connectivity index (χ2n) is 8.04. The second kappa shape index (κ2) is 8.96. The molecule has 0 radical (unpaired) electrons. The average Bonchev–Trinajstić information content (AvgIpc) is 2.73. The topological polar surface area (TPSA) is 109 Å². The van der Waals surface area contributed by atoms with E-state index < -0.39 is 17.3 Å². The highest BCUT2D eigenvalue weighted by molar-refractivity contribution is 5.97. The van der Waals surface area contributed by atoms with Gasteiger partial charge in [0.1, 0.15) is 28.1 Å². The predicted octanol–water partition coefficient (Wildman–Crippen LogP) is 4.36. The van der Waals surface area contributed by atoms with Gasteiger partial charge in [-0.05, 0) is 27.2 Å². The molecule has 0 fully saturated rings. The Hall–Kier alpha value is -3.45. The van der Waals surface area contributed by atoms with Crippen LogP contribution in [-0.2, 0) is 12.8 Å². The molecule has 0 saturated carbocycles. The summed E-state index contributed by atoms with van der Waals surface area (Å²) in [6.45, 7) is 9.21. The fraction of sp³-hybridized carbons (Fsp3) is 0.320. The van der Waals surface area contributed by atoms with Crippen LogP contribution in [0.3, 0.4) is 0 Å². The molecule has 7 nitrogen and oxygen atoms in total. The number of aliphatic hydroxyl groups excluding tert-OH is 1. The van der Waals surface area contributed by atoms with Crippen LogP contribution in [-0.4, -0.2) is 35.6 Å². The normalized spacial score (nSPS) is 12.1. The van der Waals surface area contributed by atoms with Crippen LogP contribution >= 0.6 is 0 Å². The first-order chi connectivity index (χ1) is 15.1. The van der Waals surface area contributed by atoms with Gasteiger partial charge in [0.25, 0.3) is 0 Å². The number of methoxy groups -OCH3 is 2. The van der Waals surface area contributed by atoms with Crippen molar-refractivity contribution in [2.24, 2.45) is 0 Å². The Morgan fingerprint density at radius 3 is 2.31 bits per heavy atom. The first-order valence-electron chi connectivity index (χ1n) is 10.2. The molecule has 3 N–H and O–H groups in total. The predicted molar refractivity (Wildman–Crippen MR) is 124 cm³/mol. The van der Waals surface area contributed by atoms with E-state index in [4.69, 9.17) is 13.9 Å². The number of benzene rings is 2. The molecule has 1 heterocycles. The maximum absolute atomic E-state index is 13.6. The number of phenolic OH excluding ortho intramolecular Hbond substituents is 2. The van der Waals surface area contributed by atoms with Crippen LogP contribution in [0.2, 0.25) is 0 Å². The number of rotatable bonds is 7. The summed E-state index contributed by atoms with van der Waals surface area (Å²) in [4.78, 5) is 13.6. The molecule has 1 atom stereocenters. The second-order valence-corrected chi connectivity index (χ2v) is 8.04. The standard InChI is InChI=1S/C25H28O7/c1-12(2)7-8-14-21-19(11-20(30-5)25(14)31-6)32-18-10-17(27)15(9-16(26)13(3)4)23(28)22(18)24(21)29/h7,10-11,16,26-28H,3,8-9H2,1-2,4-6H3/t16-/m1/s1. The first kappa shape index (κ1) is 23.2. The van der Waals surface area contributed by atoms with Crippen LogP contribution < -0.4 is 14.9 Å². The van der Waals surface area contributed by atoms with Gasteiger partial charge in [-0.3, -0.25) is 4.79 Å². The highest BCUT2D eigenvalue weighted by Gasteiger charge is 2.24. The van der Waals surface area contributed by atoms with Crippen LogP contribution in [0, 0.1) is 0 Å². The van der Waals surface area contributed by atoms with E-state index in [0.717, 1.165) is 5.57 Å². The van der Waals surface area contributed by atoms with Crippen molar-refractivity contribution in [3.8, 4) is 23.0 Å². The minimum Gasteiger partial charge on any atom is -0.507 e. The van der Waals surface area contributed by atoms with Gasteiger partial charge in [0.15, 0.2) is 11.5 Å². The van der Waals surface area contributed by atoms with Gasteiger partial charge in [-0.1, -0.05) is 23.8 Å². The quantitative estimate of drug-likeness (QED) is 0.370. The summed E-state index contributed by atoms with van der Waals surface area (Å²) in [6.07, 6.45) is 1.24. The summed E-state index contributed by atoms with van der Waals surface area (Å²) in [5, 5.41) is 31.7. The fourth-order valence-corrected chi connectivity index (χ4v) is 3.66. The largest absolute Gasteiger partial charge is 0.507 e. The van der Waals surface area contributed by atoms with E-state index in [-0.39, 0.29) is 39.7 Å². The van der Waals surface area contributed by atoms with Crippen molar-refractivity contribution in [3.63, 3.8) is 0 Å². The highest BCUT2D eigenvalue weighted by Crippen LogP contribution is 2.41. The van der Waals surface area contributed by atoms with Crippen molar-refractivity contribution in [2.45, 2.75) is 39.7 Å². The van der Waals surface area contributed by atoms with Gasteiger partial charge in [0, 0.05) is 29.7 Å². The molecule has 1 aromatic heterocycles. The molecule has 3 aromatic rings. The molecule has 3 rings (SSSR count). The van der Waals surface area contributed by atoms with Gasteiger partial charge >= 0.3 is 0 Å². The number of aliphatic hydroxyl groups is 1. The molecular formula is C25H28O7. The zero-order chi connectivity index (χ0) is 23.7. The molecule has 0 aliphatic rings. The smallest absolute Gasteiger partial charge is 0.204 e. The van der Waals surface area contributed by atoms with Crippen molar-refractivity contribution in [3.05, 3.63) is 57.3 Å². The van der Waals surface area contributed by atoms with E-state index in [1.54, 1.807) is 13.0 Å². The lowest BCUT2D eigenvalue weighted by molar-refractivity contribution is 0.209. The van der Waals surface area contributed by atoms with Crippen LogP contribution in [0.1, 0.15) is 31.9 Å². The van der Waals surface area contributed by atoms with Crippen LogP contribution in [0.4, 0.5) is 0 Å². The third kappa shape index (κ3) is 4.03. The molecule has 0 bridgehead atoms. The molecule has 0 spiro atoms. The fourth-order valence-electron chi connectivity index (χ4n) is 3.66. The lowest BCUT2D eigenvalue weighted by atomic mass is 9.97. The first-order valence-corrected chi connectivity index (χ1v) is 10.2. The highest BCUT2D eigenvalue weighted by atomic mass is 16.5. The lowest BCUT2D eigenvalue weighted by Gasteiger charge is -2.17. The lowest BCUT2D eigenvalue weighted by Crippen LogP contribution is -2.13. The maximum atomic E-state index is 13.6. The average molecular weight is 440 g/mol. The van der Waals surface area contributed by atoms with Gasteiger partial charge in [-0.2, -0.15) is 0 Å². The summed E-state index contributed by atoms with van der Waals surface area (Å²) < 4.78 is 16.9. The van der Waals surface area contributed by atoms with Gasteiger partial charge in [0.2, 0.25) is 5.43 Å². The number of fused-ring (bicyclic) bond motifs is 2. The number of allylic oxidation sites excluding steroid dienone is 2. The molecule has 0 aliphatic carbocycles. The third-order valence-corrected chi connectivity index (χ3v) is 5.43. The molecule has 32 heavy (non-hydrogen) atoms. The van der Waals surface area contributed by atoms with E-state index in [1.807, 2.05) is 19.9 Å². The zero-order valence-corrected chi connectivity index (χ0v) is 18.9. The molecule has 170 valence electrons. The Bertz CT molecular complexity index is 1290.